The number of carbonyl (C=O) groups is 1. The van der Waals surface area contributed by atoms with E-state index in [0.29, 0.717) is 24.4 Å². The number of nitrogens with two attached hydrogens (primary N) is 1. The van der Waals surface area contributed by atoms with E-state index in [2.05, 4.69) is 5.32 Å². The smallest absolute Gasteiger partial charge is 0.257 e. The van der Waals surface area contributed by atoms with Crippen LogP contribution in [0.1, 0.15) is 15.9 Å². The van der Waals surface area contributed by atoms with Gasteiger partial charge in [-0.25, -0.2) is 0 Å². The minimum absolute atomic E-state index is 0.00187. The van der Waals surface area contributed by atoms with Crippen LogP contribution in [0.4, 0.5) is 11.4 Å². The maximum Gasteiger partial charge on any atom is 0.257 e. The van der Waals surface area contributed by atoms with E-state index in [1.165, 1.54) is 18.2 Å². The van der Waals surface area contributed by atoms with Crippen LogP contribution in [0.25, 0.3) is 0 Å². The Morgan fingerprint density at radius 3 is 2.81 bits per heavy atom. The van der Waals surface area contributed by atoms with Crippen molar-refractivity contribution in [2.75, 3.05) is 24.8 Å². The molecule has 0 atom stereocenters. The average molecular weight is 286 g/mol. The number of aromatic hydroxyl groups is 1. The van der Waals surface area contributed by atoms with Crippen LogP contribution < -0.4 is 11.1 Å². The highest BCUT2D eigenvalue weighted by molar-refractivity contribution is 6.08. The van der Waals surface area contributed by atoms with Crippen molar-refractivity contribution in [2.24, 2.45) is 0 Å². The maximum absolute atomic E-state index is 12.3. The number of anilines is 2. The predicted octanol–water partition coefficient (Wildman–Crippen LogP) is 2.42. The molecular formula is C16H18N2O3. The van der Waals surface area contributed by atoms with Crippen molar-refractivity contribution in [1.29, 1.82) is 0 Å². The molecule has 4 N–H and O–H groups in total. The Bertz CT molecular complexity index is 641. The Kier molecular flexibility index (Phi) is 4.79. The maximum atomic E-state index is 12.3. The molecule has 2 rings (SSSR count). The Balaban J connectivity index is 2.21. The first kappa shape index (κ1) is 14.9. The molecule has 0 unspecified atom stereocenters. The van der Waals surface area contributed by atoms with Crippen molar-refractivity contribution >= 4 is 17.3 Å². The summed E-state index contributed by atoms with van der Waals surface area (Å²) >= 11 is 0. The highest BCUT2D eigenvalue weighted by Crippen LogP contribution is 2.21. The fraction of sp³-hybridized carbons (Fsp3) is 0.188. The summed E-state index contributed by atoms with van der Waals surface area (Å²) in [5.41, 5.74) is 8.02. The van der Waals surface area contributed by atoms with Crippen molar-refractivity contribution in [2.45, 2.75) is 6.42 Å². The van der Waals surface area contributed by atoms with Gasteiger partial charge in [-0.1, -0.05) is 18.2 Å². The van der Waals surface area contributed by atoms with Crippen molar-refractivity contribution in [3.8, 4) is 5.75 Å². The highest BCUT2D eigenvalue weighted by atomic mass is 16.5. The molecule has 0 aromatic heterocycles. The van der Waals surface area contributed by atoms with Gasteiger partial charge in [-0.3, -0.25) is 4.79 Å². The zero-order chi connectivity index (χ0) is 15.2. The lowest BCUT2D eigenvalue weighted by molar-refractivity contribution is 0.102. The van der Waals surface area contributed by atoms with Gasteiger partial charge < -0.3 is 20.9 Å². The lowest BCUT2D eigenvalue weighted by Crippen LogP contribution is -2.15. The number of nitrogen functional groups attached to an aromatic ring is 1. The van der Waals surface area contributed by atoms with Crippen molar-refractivity contribution in [3.63, 3.8) is 0 Å². The molecule has 0 saturated carbocycles. The average Bonchev–Trinajstić information content (AvgIpc) is 2.48. The summed E-state index contributed by atoms with van der Waals surface area (Å²) in [6.07, 6.45) is 0.697. The molecule has 0 spiro atoms. The lowest BCUT2D eigenvalue weighted by Gasteiger charge is -2.12. The standard InChI is InChI=1S/C16H18N2O3/c1-21-9-8-11-4-2-3-5-15(11)18-16(20)13-10-12(19)6-7-14(13)17/h2-7,10,19H,8-9,17H2,1H3,(H,18,20). The number of benzene rings is 2. The van der Waals surface area contributed by atoms with Gasteiger partial charge in [-0.15, -0.1) is 0 Å². The molecule has 0 fully saturated rings. The number of carbonyl (C=O) groups excluding carboxylic acids is 1. The van der Waals surface area contributed by atoms with Gasteiger partial charge in [0.15, 0.2) is 0 Å². The van der Waals surface area contributed by atoms with Crippen LogP contribution in [0.2, 0.25) is 0 Å². The van der Waals surface area contributed by atoms with Gasteiger partial charge in [-0.05, 0) is 36.2 Å². The zero-order valence-electron chi connectivity index (χ0n) is 11.8. The van der Waals surface area contributed by atoms with Gasteiger partial charge in [0, 0.05) is 18.5 Å². The molecule has 5 nitrogen and oxygen atoms in total. The van der Waals surface area contributed by atoms with Crippen LogP contribution in [-0.2, 0) is 11.2 Å². The molecule has 2 aromatic rings. The second-order valence-electron chi connectivity index (χ2n) is 4.63. The number of nitrogens with one attached hydrogen (secondary N) is 1. The fourth-order valence-electron chi connectivity index (χ4n) is 2.00. The molecule has 0 aliphatic rings. The van der Waals surface area contributed by atoms with Crippen LogP contribution in [0.5, 0.6) is 5.75 Å². The van der Waals surface area contributed by atoms with E-state index in [1.54, 1.807) is 7.11 Å². The second-order valence-corrected chi connectivity index (χ2v) is 4.63. The summed E-state index contributed by atoms with van der Waals surface area (Å²) in [4.78, 5) is 12.3. The van der Waals surface area contributed by atoms with Gasteiger partial charge in [0.2, 0.25) is 0 Å². The number of para-hydroxylation sites is 1. The van der Waals surface area contributed by atoms with Crippen LogP contribution >= 0.6 is 0 Å². The highest BCUT2D eigenvalue weighted by Gasteiger charge is 2.12. The fourth-order valence-corrected chi connectivity index (χ4v) is 2.00. The normalized spacial score (nSPS) is 10.3. The molecule has 0 aliphatic carbocycles. The van der Waals surface area contributed by atoms with Crippen LogP contribution in [0.15, 0.2) is 42.5 Å². The SMILES string of the molecule is COCCc1ccccc1NC(=O)c1cc(O)ccc1N. The summed E-state index contributed by atoms with van der Waals surface area (Å²) in [5.74, 6) is -0.352. The number of phenolic OH excluding ortho intramolecular Hbond substituents is 1. The van der Waals surface area contributed by atoms with Crippen LogP contribution in [-0.4, -0.2) is 24.7 Å². The van der Waals surface area contributed by atoms with Gasteiger partial charge in [-0.2, -0.15) is 0 Å². The first-order valence-electron chi connectivity index (χ1n) is 6.58. The molecule has 0 aliphatic heterocycles. The number of hydrogen-bond donors (Lipinski definition) is 3. The van der Waals surface area contributed by atoms with Crippen molar-refractivity contribution in [1.82, 2.24) is 0 Å². The number of methoxy groups -OCH3 is 1. The Hall–Kier alpha value is -2.53. The largest absolute Gasteiger partial charge is 0.508 e. The van der Waals surface area contributed by atoms with Gasteiger partial charge in [0.1, 0.15) is 5.75 Å². The summed E-state index contributed by atoms with van der Waals surface area (Å²) in [7, 11) is 1.63. The molecule has 1 amide bonds. The molecule has 21 heavy (non-hydrogen) atoms. The predicted molar refractivity (Wildman–Crippen MR) is 82.5 cm³/mol. The molecule has 2 aromatic carbocycles. The van der Waals surface area contributed by atoms with E-state index in [4.69, 9.17) is 10.5 Å². The minimum Gasteiger partial charge on any atom is -0.508 e. The molecule has 0 bridgehead atoms. The zero-order valence-corrected chi connectivity index (χ0v) is 11.8. The molecule has 0 radical (unpaired) electrons. The van der Waals surface area contributed by atoms with E-state index in [-0.39, 0.29) is 17.2 Å². The third kappa shape index (κ3) is 3.73. The lowest BCUT2D eigenvalue weighted by atomic mass is 10.1. The van der Waals surface area contributed by atoms with E-state index in [0.717, 1.165) is 5.56 Å². The quantitative estimate of drug-likeness (QED) is 0.582. The van der Waals surface area contributed by atoms with Gasteiger partial charge in [0.05, 0.1) is 12.2 Å². The molecular weight excluding hydrogens is 268 g/mol. The summed E-state index contributed by atoms with van der Waals surface area (Å²) < 4.78 is 5.06. The van der Waals surface area contributed by atoms with Crippen LogP contribution in [0, 0.1) is 0 Å². The Morgan fingerprint density at radius 1 is 1.29 bits per heavy atom. The number of ether oxygens (including phenoxy) is 1. The first-order chi connectivity index (χ1) is 10.1. The summed E-state index contributed by atoms with van der Waals surface area (Å²) in [6.45, 7) is 0.571. The van der Waals surface area contributed by atoms with E-state index in [9.17, 15) is 9.90 Å². The summed E-state index contributed by atoms with van der Waals surface area (Å²) in [6, 6.07) is 11.8. The molecule has 110 valence electrons. The number of amides is 1. The third-order valence-corrected chi connectivity index (χ3v) is 3.12. The van der Waals surface area contributed by atoms with Gasteiger partial charge in [0.25, 0.3) is 5.91 Å². The second kappa shape index (κ2) is 6.76. The van der Waals surface area contributed by atoms with E-state index < -0.39 is 0 Å². The van der Waals surface area contributed by atoms with Crippen molar-refractivity contribution < 1.29 is 14.6 Å². The number of rotatable bonds is 5. The monoisotopic (exact) mass is 286 g/mol. The third-order valence-electron chi connectivity index (χ3n) is 3.12. The molecule has 5 heteroatoms. The Morgan fingerprint density at radius 2 is 2.05 bits per heavy atom. The molecule has 0 heterocycles. The Labute approximate surface area is 123 Å². The van der Waals surface area contributed by atoms with E-state index in [1.807, 2.05) is 24.3 Å². The minimum atomic E-state index is -0.353. The number of hydrogen-bond acceptors (Lipinski definition) is 4. The molecule has 0 saturated heterocycles. The topological polar surface area (TPSA) is 84.6 Å². The van der Waals surface area contributed by atoms with E-state index >= 15 is 0 Å². The van der Waals surface area contributed by atoms with Crippen LogP contribution in [0.3, 0.4) is 0 Å². The first-order valence-corrected chi connectivity index (χ1v) is 6.58. The summed E-state index contributed by atoms with van der Waals surface area (Å²) in [5, 5.41) is 12.3. The van der Waals surface area contributed by atoms with Gasteiger partial charge >= 0.3 is 0 Å². The number of phenols is 1. The van der Waals surface area contributed by atoms with Crippen molar-refractivity contribution in [3.05, 3.63) is 53.6 Å².